The molecule has 1 aromatic rings. The molecule has 4 nitrogen and oxygen atoms in total. The lowest BCUT2D eigenvalue weighted by atomic mass is 10.1. The molecule has 0 radical (unpaired) electrons. The summed E-state index contributed by atoms with van der Waals surface area (Å²) in [4.78, 5) is 26.5. The minimum absolute atomic E-state index is 0.0463. The van der Waals surface area contributed by atoms with Crippen molar-refractivity contribution in [1.29, 1.82) is 0 Å². The average Bonchev–Trinajstić information content (AvgIpc) is 2.93. The third-order valence-corrected chi connectivity index (χ3v) is 4.67. The van der Waals surface area contributed by atoms with Crippen LogP contribution in [0.3, 0.4) is 0 Å². The van der Waals surface area contributed by atoms with Gasteiger partial charge < -0.3 is 10.2 Å². The van der Waals surface area contributed by atoms with Crippen LogP contribution < -0.4 is 5.32 Å². The summed E-state index contributed by atoms with van der Waals surface area (Å²) >= 11 is 0. The molecule has 1 atom stereocenters. The van der Waals surface area contributed by atoms with E-state index in [4.69, 9.17) is 0 Å². The highest BCUT2D eigenvalue weighted by molar-refractivity contribution is 5.97. The molecule has 0 aromatic heterocycles. The summed E-state index contributed by atoms with van der Waals surface area (Å²) < 4.78 is 0. The molecule has 1 unspecified atom stereocenters. The lowest BCUT2D eigenvalue weighted by Gasteiger charge is -2.26. The highest BCUT2D eigenvalue weighted by Crippen LogP contribution is 2.24. The zero-order valence-corrected chi connectivity index (χ0v) is 14.5. The molecule has 1 aromatic carbocycles. The van der Waals surface area contributed by atoms with Crippen molar-refractivity contribution >= 4 is 17.5 Å². The minimum Gasteiger partial charge on any atom is -0.339 e. The van der Waals surface area contributed by atoms with Gasteiger partial charge in [0, 0.05) is 24.7 Å². The van der Waals surface area contributed by atoms with Crippen LogP contribution in [0.1, 0.15) is 52.0 Å². The predicted octanol–water partition coefficient (Wildman–Crippen LogP) is 3.61. The third-order valence-electron chi connectivity index (χ3n) is 4.67. The van der Waals surface area contributed by atoms with Crippen LogP contribution in [-0.2, 0) is 16.0 Å². The molecule has 0 aliphatic carbocycles. The van der Waals surface area contributed by atoms with Crippen molar-refractivity contribution < 1.29 is 9.59 Å². The normalized spacial score (nSPS) is 17.8. The largest absolute Gasteiger partial charge is 0.339 e. The van der Waals surface area contributed by atoms with Crippen LogP contribution in [0, 0.1) is 5.92 Å². The zero-order chi connectivity index (χ0) is 16.8. The van der Waals surface area contributed by atoms with Crippen LogP contribution in [0.15, 0.2) is 24.3 Å². The Morgan fingerprint density at radius 2 is 1.87 bits per heavy atom. The number of nitrogens with one attached hydrogen (secondary N) is 1. The van der Waals surface area contributed by atoms with Crippen molar-refractivity contribution in [3.8, 4) is 0 Å². The van der Waals surface area contributed by atoms with Crippen molar-refractivity contribution in [1.82, 2.24) is 4.90 Å². The van der Waals surface area contributed by atoms with Crippen molar-refractivity contribution in [3.63, 3.8) is 0 Å². The Morgan fingerprint density at radius 3 is 2.43 bits per heavy atom. The summed E-state index contributed by atoms with van der Waals surface area (Å²) in [7, 11) is 0. The van der Waals surface area contributed by atoms with Crippen molar-refractivity contribution in [3.05, 3.63) is 29.8 Å². The molecule has 0 spiro atoms. The third kappa shape index (κ3) is 4.34. The van der Waals surface area contributed by atoms with Gasteiger partial charge in [-0.15, -0.1) is 0 Å². The summed E-state index contributed by atoms with van der Waals surface area (Å²) in [5.74, 6) is -0.175. The molecule has 4 heteroatoms. The van der Waals surface area contributed by atoms with E-state index in [0.717, 1.165) is 31.4 Å². The summed E-state index contributed by atoms with van der Waals surface area (Å²) in [6.45, 7) is 6.88. The van der Waals surface area contributed by atoms with E-state index in [1.54, 1.807) is 0 Å². The van der Waals surface area contributed by atoms with E-state index in [0.29, 0.717) is 13.0 Å². The molecule has 0 bridgehead atoms. The number of nitrogens with zero attached hydrogens (tertiary/aromatic N) is 1. The number of likely N-dealkylation sites (tertiary alicyclic amines) is 1. The first-order valence-electron chi connectivity index (χ1n) is 8.78. The fourth-order valence-corrected chi connectivity index (χ4v) is 3.28. The molecule has 0 saturated carbocycles. The summed E-state index contributed by atoms with van der Waals surface area (Å²) in [5, 5.41) is 2.95. The zero-order valence-electron chi connectivity index (χ0n) is 14.5. The van der Waals surface area contributed by atoms with Gasteiger partial charge in [0.2, 0.25) is 11.8 Å². The molecule has 126 valence electrons. The van der Waals surface area contributed by atoms with Crippen LogP contribution in [0.25, 0.3) is 0 Å². The highest BCUT2D eigenvalue weighted by atomic mass is 16.2. The van der Waals surface area contributed by atoms with E-state index in [1.807, 2.05) is 17.0 Å². The van der Waals surface area contributed by atoms with E-state index in [1.165, 1.54) is 5.56 Å². The van der Waals surface area contributed by atoms with Gasteiger partial charge in [0.25, 0.3) is 0 Å². The van der Waals surface area contributed by atoms with Gasteiger partial charge in [0.05, 0.1) is 5.92 Å². The van der Waals surface area contributed by atoms with Gasteiger partial charge in [-0.1, -0.05) is 39.3 Å². The Labute approximate surface area is 139 Å². The molecular formula is C19H28N2O2. The van der Waals surface area contributed by atoms with E-state index in [-0.39, 0.29) is 23.8 Å². The molecule has 2 rings (SSSR count). The fraction of sp³-hybridized carbons (Fsp3) is 0.579. The maximum Gasteiger partial charge on any atom is 0.229 e. The van der Waals surface area contributed by atoms with Crippen molar-refractivity contribution in [2.24, 2.45) is 5.92 Å². The maximum absolute atomic E-state index is 12.4. The van der Waals surface area contributed by atoms with Gasteiger partial charge in [-0.25, -0.2) is 0 Å². The second-order valence-electron chi connectivity index (χ2n) is 6.35. The van der Waals surface area contributed by atoms with E-state index in [9.17, 15) is 9.59 Å². The van der Waals surface area contributed by atoms with Crippen LogP contribution in [0.2, 0.25) is 0 Å². The Balaban J connectivity index is 1.95. The Hall–Kier alpha value is -1.84. The van der Waals surface area contributed by atoms with Gasteiger partial charge in [-0.05, 0) is 37.0 Å². The van der Waals surface area contributed by atoms with Gasteiger partial charge in [0.15, 0.2) is 0 Å². The molecular weight excluding hydrogens is 288 g/mol. The number of benzene rings is 1. The van der Waals surface area contributed by atoms with Gasteiger partial charge in [0.1, 0.15) is 0 Å². The number of rotatable bonds is 7. The van der Waals surface area contributed by atoms with Crippen molar-refractivity contribution in [2.45, 2.75) is 58.9 Å². The molecule has 1 fully saturated rings. The molecule has 1 heterocycles. The molecule has 23 heavy (non-hydrogen) atoms. The Morgan fingerprint density at radius 1 is 1.22 bits per heavy atom. The predicted molar refractivity (Wildman–Crippen MR) is 93.3 cm³/mol. The number of hydrogen-bond acceptors (Lipinski definition) is 2. The lowest BCUT2D eigenvalue weighted by molar-refractivity contribution is -0.130. The second-order valence-corrected chi connectivity index (χ2v) is 6.35. The number of amides is 2. The minimum atomic E-state index is -0.238. The number of anilines is 1. The first kappa shape index (κ1) is 17.5. The second kappa shape index (κ2) is 8.14. The molecule has 1 aliphatic heterocycles. The molecule has 1 aliphatic rings. The Bertz CT molecular complexity index is 535. The van der Waals surface area contributed by atoms with Gasteiger partial charge >= 0.3 is 0 Å². The monoisotopic (exact) mass is 316 g/mol. The molecule has 1 saturated heterocycles. The smallest absolute Gasteiger partial charge is 0.229 e. The topological polar surface area (TPSA) is 49.4 Å². The van der Waals surface area contributed by atoms with Crippen LogP contribution in [-0.4, -0.2) is 29.3 Å². The maximum atomic E-state index is 12.4. The first-order chi connectivity index (χ1) is 11.1. The average molecular weight is 316 g/mol. The lowest BCUT2D eigenvalue weighted by Crippen LogP contribution is -2.36. The standard InChI is InChI=1S/C19H28N2O2/c1-4-7-14-8-10-16(11-9-14)20-19(23)15-12-18(22)21(13-15)17(5-2)6-3/h8-11,15,17H,4-7,12-13H2,1-3H3,(H,20,23). The summed E-state index contributed by atoms with van der Waals surface area (Å²) in [5.41, 5.74) is 2.09. The number of carbonyl (C=O) groups is 2. The van der Waals surface area contributed by atoms with Crippen molar-refractivity contribution in [2.75, 3.05) is 11.9 Å². The van der Waals surface area contributed by atoms with Gasteiger partial charge in [-0.3, -0.25) is 9.59 Å². The molecule has 1 N–H and O–H groups in total. The fourth-order valence-electron chi connectivity index (χ4n) is 3.28. The van der Waals surface area contributed by atoms with E-state index < -0.39 is 0 Å². The Kier molecular flexibility index (Phi) is 6.20. The SMILES string of the molecule is CCCc1ccc(NC(=O)C2CC(=O)N(C(CC)CC)C2)cc1. The van der Waals surface area contributed by atoms with Crippen LogP contribution >= 0.6 is 0 Å². The number of aryl methyl sites for hydroxylation is 1. The quantitative estimate of drug-likeness (QED) is 0.835. The molecule has 2 amide bonds. The van der Waals surface area contributed by atoms with Crippen LogP contribution in [0.4, 0.5) is 5.69 Å². The van der Waals surface area contributed by atoms with E-state index in [2.05, 4.69) is 38.2 Å². The number of carbonyl (C=O) groups excluding carboxylic acids is 2. The van der Waals surface area contributed by atoms with E-state index >= 15 is 0 Å². The summed E-state index contributed by atoms with van der Waals surface area (Å²) in [6.07, 6.45) is 4.37. The highest BCUT2D eigenvalue weighted by Gasteiger charge is 2.36. The van der Waals surface area contributed by atoms with Crippen LogP contribution in [0.5, 0.6) is 0 Å². The van der Waals surface area contributed by atoms with Gasteiger partial charge in [-0.2, -0.15) is 0 Å². The summed E-state index contributed by atoms with van der Waals surface area (Å²) in [6, 6.07) is 8.25. The number of hydrogen-bond donors (Lipinski definition) is 1. The first-order valence-corrected chi connectivity index (χ1v) is 8.78.